The number of piperazine rings is 1. The second-order valence-electron chi connectivity index (χ2n) is 9.61. The van der Waals surface area contributed by atoms with Crippen LogP contribution in [-0.2, 0) is 16.8 Å². The van der Waals surface area contributed by atoms with E-state index in [1.165, 1.54) is 5.56 Å². The van der Waals surface area contributed by atoms with Crippen molar-refractivity contribution in [3.05, 3.63) is 59.2 Å². The summed E-state index contributed by atoms with van der Waals surface area (Å²) in [5.74, 6) is 0.766. The molecule has 4 rings (SSSR count). The van der Waals surface area contributed by atoms with Gasteiger partial charge in [0.15, 0.2) is 6.61 Å². The zero-order valence-corrected chi connectivity index (χ0v) is 20.3. The van der Waals surface area contributed by atoms with Gasteiger partial charge in [-0.1, -0.05) is 45.9 Å². The van der Waals surface area contributed by atoms with Gasteiger partial charge in [0.2, 0.25) is 0 Å². The highest BCUT2D eigenvalue weighted by atomic mass is 16.5. The SMILES string of the molecule is CCN1CCN(C(=O)c2ccc(CN3C(=O)COc4ccc(C(C)(C)CC)cc43)cc2)CC1. The van der Waals surface area contributed by atoms with E-state index in [9.17, 15) is 9.59 Å². The molecule has 2 aromatic rings. The molecule has 33 heavy (non-hydrogen) atoms. The normalized spacial score (nSPS) is 17.0. The van der Waals surface area contributed by atoms with Gasteiger partial charge in [-0.2, -0.15) is 0 Å². The summed E-state index contributed by atoms with van der Waals surface area (Å²) in [4.78, 5) is 31.7. The van der Waals surface area contributed by atoms with Gasteiger partial charge in [-0.05, 0) is 53.8 Å². The predicted octanol–water partition coefficient (Wildman–Crippen LogP) is 4.08. The Morgan fingerprint density at radius 1 is 1.00 bits per heavy atom. The Morgan fingerprint density at radius 3 is 2.33 bits per heavy atom. The topological polar surface area (TPSA) is 53.1 Å². The van der Waals surface area contributed by atoms with Crippen molar-refractivity contribution in [3.63, 3.8) is 0 Å². The molecule has 0 spiro atoms. The Hall–Kier alpha value is -2.86. The Bertz CT molecular complexity index is 1010. The van der Waals surface area contributed by atoms with Crippen molar-refractivity contribution in [2.75, 3.05) is 44.2 Å². The molecule has 2 aliphatic rings. The summed E-state index contributed by atoms with van der Waals surface area (Å²) >= 11 is 0. The lowest BCUT2D eigenvalue weighted by atomic mass is 9.82. The van der Waals surface area contributed by atoms with E-state index < -0.39 is 0 Å². The minimum atomic E-state index is -0.0529. The second-order valence-corrected chi connectivity index (χ2v) is 9.61. The van der Waals surface area contributed by atoms with Crippen LogP contribution in [-0.4, -0.2) is 60.9 Å². The lowest BCUT2D eigenvalue weighted by Crippen LogP contribution is -2.48. The molecule has 2 aromatic carbocycles. The van der Waals surface area contributed by atoms with Crippen molar-refractivity contribution < 1.29 is 14.3 Å². The minimum Gasteiger partial charge on any atom is -0.482 e. The minimum absolute atomic E-state index is 0.0197. The molecule has 0 bridgehead atoms. The fourth-order valence-electron chi connectivity index (χ4n) is 4.39. The summed E-state index contributed by atoms with van der Waals surface area (Å²) < 4.78 is 5.69. The van der Waals surface area contributed by atoms with Crippen LogP contribution in [0.2, 0.25) is 0 Å². The first-order valence-corrected chi connectivity index (χ1v) is 12.0. The van der Waals surface area contributed by atoms with Gasteiger partial charge in [0, 0.05) is 31.7 Å². The summed E-state index contributed by atoms with van der Waals surface area (Å²) in [5.41, 5.74) is 3.72. The number of anilines is 1. The molecule has 0 N–H and O–H groups in total. The van der Waals surface area contributed by atoms with E-state index in [2.05, 4.69) is 44.7 Å². The average molecular weight is 450 g/mol. The molecule has 0 radical (unpaired) electrons. The predicted molar refractivity (Wildman–Crippen MR) is 131 cm³/mol. The van der Waals surface area contributed by atoms with Gasteiger partial charge in [-0.15, -0.1) is 0 Å². The van der Waals surface area contributed by atoms with Crippen molar-refractivity contribution in [1.82, 2.24) is 9.80 Å². The Morgan fingerprint density at radius 2 is 1.70 bits per heavy atom. The van der Waals surface area contributed by atoms with Crippen LogP contribution < -0.4 is 9.64 Å². The third-order valence-corrected chi connectivity index (χ3v) is 7.22. The number of fused-ring (bicyclic) bond motifs is 1. The fourth-order valence-corrected chi connectivity index (χ4v) is 4.39. The Balaban J connectivity index is 1.50. The van der Waals surface area contributed by atoms with Crippen LogP contribution >= 0.6 is 0 Å². The second kappa shape index (κ2) is 9.56. The lowest BCUT2D eigenvalue weighted by molar-refractivity contribution is -0.121. The number of likely N-dealkylation sites (N-methyl/N-ethyl adjacent to an activating group) is 1. The van der Waals surface area contributed by atoms with E-state index in [1.807, 2.05) is 35.2 Å². The maximum absolute atomic E-state index is 12.9. The molecule has 2 amide bonds. The number of amides is 2. The zero-order valence-electron chi connectivity index (χ0n) is 20.3. The number of carbonyl (C=O) groups excluding carboxylic acids is 2. The Labute approximate surface area is 197 Å². The zero-order chi connectivity index (χ0) is 23.6. The monoisotopic (exact) mass is 449 g/mol. The molecule has 0 aliphatic carbocycles. The largest absolute Gasteiger partial charge is 0.482 e. The highest BCUT2D eigenvalue weighted by Gasteiger charge is 2.28. The molecule has 0 unspecified atom stereocenters. The summed E-state index contributed by atoms with van der Waals surface area (Å²) in [5, 5.41) is 0. The van der Waals surface area contributed by atoms with Gasteiger partial charge >= 0.3 is 0 Å². The third-order valence-electron chi connectivity index (χ3n) is 7.22. The number of carbonyl (C=O) groups is 2. The van der Waals surface area contributed by atoms with Crippen LogP contribution in [0.4, 0.5) is 5.69 Å². The van der Waals surface area contributed by atoms with Crippen LogP contribution in [0.1, 0.15) is 55.6 Å². The standard InChI is InChI=1S/C27H35N3O3/c1-5-27(3,4)22-11-12-24-23(17-22)30(25(31)19-33-24)18-20-7-9-21(10-8-20)26(32)29-15-13-28(6-2)14-16-29/h7-12,17H,5-6,13-16,18-19H2,1-4H3. The van der Waals surface area contributed by atoms with Gasteiger partial charge in [0.1, 0.15) is 5.75 Å². The number of nitrogens with zero attached hydrogens (tertiary/aromatic N) is 3. The van der Waals surface area contributed by atoms with E-state index in [4.69, 9.17) is 4.74 Å². The first-order chi connectivity index (χ1) is 15.8. The number of ether oxygens (including phenoxy) is 1. The van der Waals surface area contributed by atoms with Gasteiger partial charge in [0.25, 0.3) is 11.8 Å². The molecule has 176 valence electrons. The Kier molecular flexibility index (Phi) is 6.75. The molecule has 6 heteroatoms. The molecule has 0 aromatic heterocycles. The fraction of sp³-hybridized carbons (Fsp3) is 0.481. The highest BCUT2D eigenvalue weighted by Crippen LogP contribution is 2.38. The molecule has 0 atom stereocenters. The summed E-state index contributed by atoms with van der Waals surface area (Å²) in [6.07, 6.45) is 1.00. The molecule has 2 aliphatic heterocycles. The van der Waals surface area contributed by atoms with Gasteiger partial charge in [-0.25, -0.2) is 0 Å². The van der Waals surface area contributed by atoms with Crippen molar-refractivity contribution in [2.45, 2.75) is 46.1 Å². The molecule has 1 fully saturated rings. The summed E-state index contributed by atoms with van der Waals surface area (Å²) in [6, 6.07) is 13.8. The first kappa shape index (κ1) is 23.3. The highest BCUT2D eigenvalue weighted by molar-refractivity contribution is 5.98. The molecule has 0 saturated carbocycles. The van der Waals surface area contributed by atoms with E-state index in [-0.39, 0.29) is 23.8 Å². The number of hydrogen-bond acceptors (Lipinski definition) is 4. The van der Waals surface area contributed by atoms with Crippen LogP contribution in [0.15, 0.2) is 42.5 Å². The van der Waals surface area contributed by atoms with E-state index in [1.54, 1.807) is 4.90 Å². The van der Waals surface area contributed by atoms with Crippen LogP contribution in [0.5, 0.6) is 5.75 Å². The molecule has 6 nitrogen and oxygen atoms in total. The maximum Gasteiger partial charge on any atom is 0.265 e. The van der Waals surface area contributed by atoms with Crippen LogP contribution in [0, 0.1) is 0 Å². The third kappa shape index (κ3) is 4.91. The lowest BCUT2D eigenvalue weighted by Gasteiger charge is -2.34. The summed E-state index contributed by atoms with van der Waals surface area (Å²) in [7, 11) is 0. The number of rotatable bonds is 6. The van der Waals surface area contributed by atoms with Gasteiger partial charge < -0.3 is 19.4 Å². The van der Waals surface area contributed by atoms with E-state index in [0.717, 1.165) is 56.1 Å². The smallest absolute Gasteiger partial charge is 0.265 e. The molecule has 2 heterocycles. The maximum atomic E-state index is 12.9. The first-order valence-electron chi connectivity index (χ1n) is 12.0. The van der Waals surface area contributed by atoms with E-state index in [0.29, 0.717) is 12.1 Å². The number of benzene rings is 2. The van der Waals surface area contributed by atoms with Crippen molar-refractivity contribution in [2.24, 2.45) is 0 Å². The average Bonchev–Trinajstić information content (AvgIpc) is 2.85. The van der Waals surface area contributed by atoms with Gasteiger partial charge in [0.05, 0.1) is 12.2 Å². The van der Waals surface area contributed by atoms with Crippen molar-refractivity contribution in [1.29, 1.82) is 0 Å². The summed E-state index contributed by atoms with van der Waals surface area (Å²) in [6.45, 7) is 13.7. The quantitative estimate of drug-likeness (QED) is 0.667. The van der Waals surface area contributed by atoms with Gasteiger partial charge in [-0.3, -0.25) is 9.59 Å². The number of hydrogen-bond donors (Lipinski definition) is 0. The van der Waals surface area contributed by atoms with Crippen molar-refractivity contribution in [3.8, 4) is 5.75 Å². The van der Waals surface area contributed by atoms with Crippen LogP contribution in [0.25, 0.3) is 0 Å². The van der Waals surface area contributed by atoms with Crippen molar-refractivity contribution >= 4 is 17.5 Å². The van der Waals surface area contributed by atoms with Crippen LogP contribution in [0.3, 0.4) is 0 Å². The molecular weight excluding hydrogens is 414 g/mol. The molecule has 1 saturated heterocycles. The van der Waals surface area contributed by atoms with E-state index >= 15 is 0 Å². The molecular formula is C27H35N3O3.